The van der Waals surface area contributed by atoms with E-state index in [4.69, 9.17) is 8.85 Å². The molecule has 0 unspecified atom stereocenters. The van der Waals surface area contributed by atoms with Crippen LogP contribution >= 0.6 is 0 Å². The van der Waals surface area contributed by atoms with Crippen molar-refractivity contribution in [2.24, 2.45) is 0 Å². The number of rotatable bonds is 17. The summed E-state index contributed by atoms with van der Waals surface area (Å²) in [6.07, 6.45) is 13.1. The third kappa shape index (κ3) is 9.69. The smallest absolute Gasteiger partial charge is 0.398 e. The summed E-state index contributed by atoms with van der Waals surface area (Å²) >= 11 is 0. The third-order valence-corrected chi connectivity index (χ3v) is 8.78. The lowest BCUT2D eigenvalue weighted by atomic mass is 10.1. The maximum absolute atomic E-state index is 10.8. The maximum atomic E-state index is 10.8. The van der Waals surface area contributed by atoms with Crippen LogP contribution in [0.1, 0.15) is 85.0 Å². The van der Waals surface area contributed by atoms with Crippen molar-refractivity contribution >= 4 is 14.2 Å². The lowest BCUT2D eigenvalue weighted by Crippen LogP contribution is -2.44. The summed E-state index contributed by atoms with van der Waals surface area (Å²) < 4.78 is 12.5. The topological polar surface area (TPSA) is 61.6 Å². The Hall–Kier alpha value is -1.40. The van der Waals surface area contributed by atoms with E-state index in [9.17, 15) is 10.1 Å². The second kappa shape index (κ2) is 14.6. The molecule has 0 spiro atoms. The highest BCUT2D eigenvalue weighted by Gasteiger charge is 2.35. The number of nitro groups is 1. The molecule has 1 rings (SSSR count). The first kappa shape index (κ1) is 24.6. The second-order valence-electron chi connectivity index (χ2n) is 7.50. The van der Waals surface area contributed by atoms with Gasteiger partial charge in [-0.05, 0) is 30.6 Å². The Bertz CT molecular complexity index is 532. The molecule has 1 aromatic carbocycles. The Kier molecular flexibility index (Phi) is 12.8. The van der Waals surface area contributed by atoms with Crippen molar-refractivity contribution in [3.8, 4) is 5.75 Å². The van der Waals surface area contributed by atoms with Crippen LogP contribution in [-0.2, 0) is 4.43 Å². The molecule has 0 aliphatic rings. The van der Waals surface area contributed by atoms with E-state index in [1.165, 1.54) is 69.9 Å². The predicted octanol–water partition coefficient (Wildman–Crippen LogP) is 7.39. The van der Waals surface area contributed by atoms with Gasteiger partial charge in [0, 0.05) is 18.7 Å². The fourth-order valence-electron chi connectivity index (χ4n) is 3.33. The van der Waals surface area contributed by atoms with Crippen molar-refractivity contribution < 1.29 is 13.8 Å². The monoisotopic (exact) mass is 409 g/mol. The first-order chi connectivity index (χ1) is 13.6. The molecule has 6 heteroatoms. The minimum Gasteiger partial charge on any atom is -0.520 e. The molecule has 0 amide bonds. The molecule has 0 radical (unpaired) electrons. The molecule has 0 aromatic heterocycles. The first-order valence-corrected chi connectivity index (χ1v) is 13.4. The standard InChI is InChI=1S/C22H39NO4Si/c1-4-7-8-9-10-11-12-13-14-15-20-26-28(5-2,6-3)27-22-18-16-21(17-19-22)23(24)25/h16-19H,4-15,20H2,1-3H3. The zero-order valence-corrected chi connectivity index (χ0v) is 19.1. The van der Waals surface area contributed by atoms with Crippen molar-refractivity contribution in [1.82, 2.24) is 0 Å². The van der Waals surface area contributed by atoms with Crippen molar-refractivity contribution in [2.45, 2.75) is 97.1 Å². The van der Waals surface area contributed by atoms with Gasteiger partial charge in [0.1, 0.15) is 5.75 Å². The molecule has 0 saturated carbocycles. The molecule has 0 N–H and O–H groups in total. The molecular weight excluding hydrogens is 370 g/mol. The molecule has 0 aliphatic carbocycles. The van der Waals surface area contributed by atoms with Crippen LogP contribution in [0.4, 0.5) is 5.69 Å². The largest absolute Gasteiger partial charge is 0.520 e. The van der Waals surface area contributed by atoms with Gasteiger partial charge in [0.15, 0.2) is 0 Å². The minimum atomic E-state index is -2.29. The second-order valence-corrected chi connectivity index (χ2v) is 11.2. The minimum absolute atomic E-state index is 0.0823. The summed E-state index contributed by atoms with van der Waals surface area (Å²) in [5, 5.41) is 10.8. The molecule has 1 aromatic rings. The van der Waals surface area contributed by atoms with Crippen LogP contribution in [0, 0.1) is 10.1 Å². The van der Waals surface area contributed by atoms with Gasteiger partial charge in [-0.3, -0.25) is 10.1 Å². The van der Waals surface area contributed by atoms with Crippen LogP contribution in [0.15, 0.2) is 24.3 Å². The summed E-state index contributed by atoms with van der Waals surface area (Å²) in [5.74, 6) is 0.670. The van der Waals surface area contributed by atoms with E-state index < -0.39 is 13.5 Å². The average molecular weight is 410 g/mol. The predicted molar refractivity (Wildman–Crippen MR) is 118 cm³/mol. The molecule has 5 nitrogen and oxygen atoms in total. The number of hydrogen-bond acceptors (Lipinski definition) is 4. The quantitative estimate of drug-likeness (QED) is 0.116. The van der Waals surface area contributed by atoms with E-state index >= 15 is 0 Å². The Labute approximate surface area is 172 Å². The van der Waals surface area contributed by atoms with Crippen molar-refractivity contribution in [2.75, 3.05) is 6.61 Å². The lowest BCUT2D eigenvalue weighted by Gasteiger charge is -2.29. The molecule has 0 atom stereocenters. The van der Waals surface area contributed by atoms with Gasteiger partial charge in [0.2, 0.25) is 0 Å². The van der Waals surface area contributed by atoms with E-state index in [1.807, 2.05) is 0 Å². The molecule has 0 bridgehead atoms. The molecule has 0 saturated heterocycles. The fourth-order valence-corrected chi connectivity index (χ4v) is 5.66. The molecule has 0 aliphatic heterocycles. The van der Waals surface area contributed by atoms with Crippen LogP contribution in [0.3, 0.4) is 0 Å². The van der Waals surface area contributed by atoms with Gasteiger partial charge < -0.3 is 8.85 Å². The van der Waals surface area contributed by atoms with E-state index in [0.717, 1.165) is 25.1 Å². The van der Waals surface area contributed by atoms with Crippen LogP contribution in [0.25, 0.3) is 0 Å². The van der Waals surface area contributed by atoms with Crippen LogP contribution in [0.5, 0.6) is 5.75 Å². The Balaban J connectivity index is 2.27. The van der Waals surface area contributed by atoms with Gasteiger partial charge in [-0.1, -0.05) is 78.6 Å². The fraction of sp³-hybridized carbons (Fsp3) is 0.727. The summed E-state index contributed by atoms with van der Waals surface area (Å²) in [4.78, 5) is 10.4. The van der Waals surface area contributed by atoms with Crippen LogP contribution in [0.2, 0.25) is 12.1 Å². The number of unbranched alkanes of at least 4 members (excludes halogenated alkanes) is 9. The van der Waals surface area contributed by atoms with Gasteiger partial charge in [0.25, 0.3) is 5.69 Å². The van der Waals surface area contributed by atoms with Crippen molar-refractivity contribution in [1.29, 1.82) is 0 Å². The zero-order valence-electron chi connectivity index (χ0n) is 18.1. The lowest BCUT2D eigenvalue weighted by molar-refractivity contribution is -0.384. The average Bonchev–Trinajstić information content (AvgIpc) is 2.71. The highest BCUT2D eigenvalue weighted by Crippen LogP contribution is 2.25. The zero-order chi connectivity index (χ0) is 20.7. The Morgan fingerprint density at radius 1 is 0.821 bits per heavy atom. The van der Waals surface area contributed by atoms with E-state index in [2.05, 4.69) is 20.8 Å². The molecule has 0 fully saturated rings. The Morgan fingerprint density at radius 2 is 1.32 bits per heavy atom. The van der Waals surface area contributed by atoms with E-state index in [0.29, 0.717) is 5.75 Å². The van der Waals surface area contributed by atoms with E-state index in [-0.39, 0.29) is 5.69 Å². The van der Waals surface area contributed by atoms with E-state index in [1.54, 1.807) is 12.1 Å². The summed E-state index contributed by atoms with van der Waals surface area (Å²) in [7, 11) is -2.29. The number of nitro benzene ring substituents is 1. The van der Waals surface area contributed by atoms with Gasteiger partial charge >= 0.3 is 8.56 Å². The van der Waals surface area contributed by atoms with Gasteiger partial charge in [-0.25, -0.2) is 0 Å². The van der Waals surface area contributed by atoms with Gasteiger partial charge in [0.05, 0.1) is 4.92 Å². The summed E-state index contributed by atoms with van der Waals surface area (Å²) in [6.45, 7) is 7.23. The number of nitrogens with zero attached hydrogens (tertiary/aromatic N) is 1. The normalized spacial score (nSPS) is 11.5. The van der Waals surface area contributed by atoms with Gasteiger partial charge in [-0.2, -0.15) is 0 Å². The molecule has 160 valence electrons. The molecular formula is C22H39NO4Si. The number of benzene rings is 1. The highest BCUT2D eigenvalue weighted by molar-refractivity contribution is 6.68. The molecule has 0 heterocycles. The number of hydrogen-bond donors (Lipinski definition) is 0. The van der Waals surface area contributed by atoms with Crippen LogP contribution < -0.4 is 4.43 Å². The molecule has 28 heavy (non-hydrogen) atoms. The van der Waals surface area contributed by atoms with Crippen LogP contribution in [-0.4, -0.2) is 20.1 Å². The highest BCUT2D eigenvalue weighted by atomic mass is 28.4. The summed E-state index contributed by atoms with van der Waals surface area (Å²) in [6, 6.07) is 8.07. The Morgan fingerprint density at radius 3 is 1.79 bits per heavy atom. The SMILES string of the molecule is CCCCCCCCCCCCO[Si](CC)(CC)Oc1ccc([N+](=O)[O-])cc1. The number of non-ortho nitro benzene ring substituents is 1. The maximum Gasteiger partial charge on any atom is 0.398 e. The summed E-state index contributed by atoms with van der Waals surface area (Å²) in [5.41, 5.74) is 0.0823. The van der Waals surface area contributed by atoms with Gasteiger partial charge in [-0.15, -0.1) is 0 Å². The first-order valence-electron chi connectivity index (χ1n) is 11.1. The third-order valence-electron chi connectivity index (χ3n) is 5.29. The van der Waals surface area contributed by atoms with Crippen molar-refractivity contribution in [3.63, 3.8) is 0 Å². The van der Waals surface area contributed by atoms with Crippen molar-refractivity contribution in [3.05, 3.63) is 34.4 Å².